The highest BCUT2D eigenvalue weighted by atomic mass is 19.4. The minimum atomic E-state index is -4.50. The summed E-state index contributed by atoms with van der Waals surface area (Å²) in [6.07, 6.45) is -1.09. The summed E-state index contributed by atoms with van der Waals surface area (Å²) < 4.78 is 50.2. The van der Waals surface area contributed by atoms with Crippen LogP contribution < -0.4 is 10.1 Å². The molecule has 1 aromatic carbocycles. The molecule has 0 spiro atoms. The van der Waals surface area contributed by atoms with E-state index in [1.165, 1.54) is 7.11 Å². The third-order valence-corrected chi connectivity index (χ3v) is 5.59. The minimum absolute atomic E-state index is 0.0568. The molecule has 0 bridgehead atoms. The average Bonchev–Trinajstić information content (AvgIpc) is 3.21. The number of likely N-dealkylation sites (tertiary alicyclic amines) is 1. The van der Waals surface area contributed by atoms with Crippen LogP contribution in [0.25, 0.3) is 0 Å². The minimum Gasteiger partial charge on any atom is -0.496 e. The van der Waals surface area contributed by atoms with Crippen molar-refractivity contribution in [2.24, 2.45) is 0 Å². The molecule has 1 N–H and O–H groups in total. The molecule has 1 amide bonds. The van der Waals surface area contributed by atoms with E-state index < -0.39 is 17.6 Å². The summed E-state index contributed by atoms with van der Waals surface area (Å²) in [6, 6.07) is 1.91. The lowest BCUT2D eigenvalue weighted by atomic mass is 9.97. The van der Waals surface area contributed by atoms with Crippen LogP contribution in [0.5, 0.6) is 5.75 Å². The molecular weight excluding hydrogens is 373 g/mol. The van der Waals surface area contributed by atoms with Gasteiger partial charge in [-0.05, 0) is 56.5 Å². The molecule has 1 aromatic rings. The van der Waals surface area contributed by atoms with Gasteiger partial charge in [-0.1, -0.05) is 6.92 Å². The molecule has 8 heteroatoms. The number of carbonyl (C=O) groups is 1. The zero-order chi connectivity index (χ0) is 20.3. The van der Waals surface area contributed by atoms with Gasteiger partial charge in [0, 0.05) is 12.6 Å². The van der Waals surface area contributed by atoms with E-state index in [2.05, 4.69) is 10.2 Å². The molecular formula is C20H27F3N2O3. The lowest BCUT2D eigenvalue weighted by Crippen LogP contribution is -2.56. The molecule has 2 aliphatic heterocycles. The number of ether oxygens (including phenoxy) is 2. The second-order valence-corrected chi connectivity index (χ2v) is 7.32. The highest BCUT2D eigenvalue weighted by Gasteiger charge is 2.36. The van der Waals surface area contributed by atoms with Gasteiger partial charge >= 0.3 is 6.18 Å². The summed E-state index contributed by atoms with van der Waals surface area (Å²) in [6.45, 7) is 4.78. The van der Waals surface area contributed by atoms with Crippen molar-refractivity contribution < 1.29 is 27.4 Å². The Kier molecular flexibility index (Phi) is 6.50. The third kappa shape index (κ3) is 4.43. The Bertz CT molecular complexity index is 677. The van der Waals surface area contributed by atoms with E-state index in [9.17, 15) is 18.0 Å². The van der Waals surface area contributed by atoms with Gasteiger partial charge < -0.3 is 14.8 Å². The summed E-state index contributed by atoms with van der Waals surface area (Å²) in [7, 11) is 1.28. The highest BCUT2D eigenvalue weighted by molar-refractivity contribution is 5.99. The number of carbonyl (C=O) groups excluding carboxylic acids is 1. The van der Waals surface area contributed by atoms with Gasteiger partial charge in [-0.3, -0.25) is 9.69 Å². The predicted octanol–water partition coefficient (Wildman–Crippen LogP) is 3.26. The molecule has 0 aromatic heterocycles. The number of hydrogen-bond acceptors (Lipinski definition) is 4. The van der Waals surface area contributed by atoms with Crippen LogP contribution >= 0.6 is 0 Å². The molecule has 3 rings (SSSR count). The summed E-state index contributed by atoms with van der Waals surface area (Å²) in [4.78, 5) is 15.4. The zero-order valence-corrected chi connectivity index (χ0v) is 16.3. The van der Waals surface area contributed by atoms with E-state index in [1.807, 2.05) is 0 Å². The molecule has 2 atom stereocenters. The first kappa shape index (κ1) is 20.9. The maximum atomic E-state index is 13.2. The van der Waals surface area contributed by atoms with Crippen molar-refractivity contribution in [1.29, 1.82) is 0 Å². The number of rotatable bonds is 5. The van der Waals surface area contributed by atoms with Crippen LogP contribution in [0.15, 0.2) is 12.1 Å². The van der Waals surface area contributed by atoms with Gasteiger partial charge in [0.05, 0.1) is 30.9 Å². The molecule has 2 saturated heterocycles. The van der Waals surface area contributed by atoms with Crippen molar-refractivity contribution in [2.45, 2.75) is 50.9 Å². The second kappa shape index (κ2) is 8.69. The maximum Gasteiger partial charge on any atom is 0.416 e. The first-order valence-corrected chi connectivity index (χ1v) is 9.76. The lowest BCUT2D eigenvalue weighted by molar-refractivity contribution is -0.137. The van der Waals surface area contributed by atoms with Crippen LogP contribution in [0.3, 0.4) is 0 Å². The SMILES string of the molecule is CCc1cc(C(F)(F)F)cc(OC)c1C(=O)N[C@@H]1COCCC1N1CCCC1. The standard InChI is InChI=1S/C20H27F3N2O3/c1-3-13-10-14(20(21,22)23)11-17(27-2)18(13)19(26)24-15-12-28-9-6-16(15)25-7-4-5-8-25/h10-11,15-16H,3-9,12H2,1-2H3,(H,24,26)/t15-,16?/m1/s1. The molecule has 156 valence electrons. The number of hydrogen-bond donors (Lipinski definition) is 1. The maximum absolute atomic E-state index is 13.2. The van der Waals surface area contributed by atoms with E-state index in [4.69, 9.17) is 9.47 Å². The number of aryl methyl sites for hydroxylation is 1. The van der Waals surface area contributed by atoms with Gasteiger partial charge in [0.15, 0.2) is 0 Å². The van der Waals surface area contributed by atoms with Gasteiger partial charge in [0.1, 0.15) is 5.75 Å². The summed E-state index contributed by atoms with van der Waals surface area (Å²) in [5, 5.41) is 3.00. The fourth-order valence-corrected chi connectivity index (χ4v) is 4.15. The quantitative estimate of drug-likeness (QED) is 0.824. The van der Waals surface area contributed by atoms with Gasteiger partial charge in [0.25, 0.3) is 5.91 Å². The van der Waals surface area contributed by atoms with Crippen LogP contribution in [-0.2, 0) is 17.3 Å². The second-order valence-electron chi connectivity index (χ2n) is 7.32. The van der Waals surface area contributed by atoms with E-state index in [0.717, 1.165) is 44.5 Å². The number of halogens is 3. The van der Waals surface area contributed by atoms with E-state index in [-0.39, 0.29) is 23.4 Å². The average molecular weight is 400 g/mol. The number of amides is 1. The molecule has 0 aliphatic carbocycles. The number of methoxy groups -OCH3 is 1. The van der Waals surface area contributed by atoms with Crippen LogP contribution in [0.1, 0.15) is 47.7 Å². The number of benzene rings is 1. The molecule has 28 heavy (non-hydrogen) atoms. The largest absolute Gasteiger partial charge is 0.496 e. The summed E-state index contributed by atoms with van der Waals surface area (Å²) in [5.74, 6) is -0.472. The van der Waals surface area contributed by atoms with E-state index in [1.54, 1.807) is 6.92 Å². The molecule has 1 unspecified atom stereocenters. The summed E-state index contributed by atoms with van der Waals surface area (Å²) >= 11 is 0. The van der Waals surface area contributed by atoms with Crippen LogP contribution in [0.2, 0.25) is 0 Å². The van der Waals surface area contributed by atoms with Gasteiger partial charge in [-0.25, -0.2) is 0 Å². The fourth-order valence-electron chi connectivity index (χ4n) is 4.15. The monoisotopic (exact) mass is 400 g/mol. The Morgan fingerprint density at radius 1 is 1.32 bits per heavy atom. The first-order chi connectivity index (χ1) is 13.3. The first-order valence-electron chi connectivity index (χ1n) is 9.76. The Morgan fingerprint density at radius 2 is 2.04 bits per heavy atom. The number of nitrogens with zero attached hydrogens (tertiary/aromatic N) is 1. The van der Waals surface area contributed by atoms with E-state index >= 15 is 0 Å². The summed E-state index contributed by atoms with van der Waals surface area (Å²) in [5.41, 5.74) is -0.323. The highest BCUT2D eigenvalue weighted by Crippen LogP contribution is 2.35. The molecule has 2 heterocycles. The Balaban J connectivity index is 1.86. The predicted molar refractivity (Wildman–Crippen MR) is 98.7 cm³/mol. The van der Waals surface area contributed by atoms with Crippen molar-refractivity contribution >= 4 is 5.91 Å². The Hall–Kier alpha value is -1.80. The van der Waals surface area contributed by atoms with Crippen LogP contribution in [-0.4, -0.2) is 56.3 Å². The number of nitrogens with one attached hydrogen (secondary N) is 1. The molecule has 0 radical (unpaired) electrons. The number of alkyl halides is 3. The normalized spacial score (nSPS) is 23.6. The topological polar surface area (TPSA) is 50.8 Å². The van der Waals surface area contributed by atoms with Crippen LogP contribution in [0.4, 0.5) is 13.2 Å². The van der Waals surface area contributed by atoms with Crippen LogP contribution in [0, 0.1) is 0 Å². The van der Waals surface area contributed by atoms with Crippen molar-refractivity contribution in [3.63, 3.8) is 0 Å². The van der Waals surface area contributed by atoms with Crippen molar-refractivity contribution in [2.75, 3.05) is 33.4 Å². The lowest BCUT2D eigenvalue weighted by Gasteiger charge is -2.38. The molecule has 5 nitrogen and oxygen atoms in total. The Labute approximate surface area is 163 Å². The van der Waals surface area contributed by atoms with Crippen molar-refractivity contribution in [3.05, 3.63) is 28.8 Å². The van der Waals surface area contributed by atoms with Gasteiger partial charge in [0.2, 0.25) is 0 Å². The van der Waals surface area contributed by atoms with Crippen molar-refractivity contribution in [1.82, 2.24) is 10.2 Å². The third-order valence-electron chi connectivity index (χ3n) is 5.59. The van der Waals surface area contributed by atoms with Gasteiger partial charge in [-0.2, -0.15) is 13.2 Å². The molecule has 2 fully saturated rings. The molecule has 0 saturated carbocycles. The fraction of sp³-hybridized carbons (Fsp3) is 0.650. The van der Waals surface area contributed by atoms with Gasteiger partial charge in [-0.15, -0.1) is 0 Å². The smallest absolute Gasteiger partial charge is 0.416 e. The molecule has 2 aliphatic rings. The van der Waals surface area contributed by atoms with Crippen molar-refractivity contribution in [3.8, 4) is 5.75 Å². The van der Waals surface area contributed by atoms with E-state index in [0.29, 0.717) is 25.2 Å². The zero-order valence-electron chi connectivity index (χ0n) is 16.3. The Morgan fingerprint density at radius 3 is 2.64 bits per heavy atom.